The molecule has 0 radical (unpaired) electrons. The van der Waals surface area contributed by atoms with Gasteiger partial charge in [0.2, 0.25) is 9.84 Å². The summed E-state index contributed by atoms with van der Waals surface area (Å²) in [6.45, 7) is 0. The van der Waals surface area contributed by atoms with Crippen molar-refractivity contribution in [3.8, 4) is 0 Å². The number of benzene rings is 2. The number of rotatable bonds is 2. The van der Waals surface area contributed by atoms with Gasteiger partial charge >= 0.3 is 6.18 Å². The summed E-state index contributed by atoms with van der Waals surface area (Å²) in [5.74, 6) is 0. The predicted octanol–water partition coefficient (Wildman–Crippen LogP) is 4.30. The normalized spacial score (nSPS) is 12.4. The van der Waals surface area contributed by atoms with E-state index in [0.29, 0.717) is 0 Å². The van der Waals surface area contributed by atoms with Gasteiger partial charge in [-0.15, -0.1) is 0 Å². The summed E-state index contributed by atoms with van der Waals surface area (Å²) >= 11 is 2.75. The van der Waals surface area contributed by atoms with Crippen LogP contribution in [0.15, 0.2) is 62.8 Å². The highest BCUT2D eigenvalue weighted by Crippen LogP contribution is 2.39. The first-order chi connectivity index (χ1) is 9.24. The predicted molar refractivity (Wildman–Crippen MR) is 71.0 cm³/mol. The summed E-state index contributed by atoms with van der Waals surface area (Å²) in [6, 6.07) is 10.4. The highest BCUT2D eigenvalue weighted by atomic mass is 79.9. The average molecular weight is 365 g/mol. The Morgan fingerprint density at radius 2 is 1.50 bits per heavy atom. The van der Waals surface area contributed by atoms with Crippen molar-refractivity contribution in [3.05, 3.63) is 58.6 Å². The van der Waals surface area contributed by atoms with Crippen molar-refractivity contribution in [3.63, 3.8) is 0 Å². The Balaban J connectivity index is 2.66. The highest BCUT2D eigenvalue weighted by molar-refractivity contribution is 9.10. The molecule has 0 aliphatic heterocycles. The Bertz CT molecular complexity index is 725. The van der Waals surface area contributed by atoms with Gasteiger partial charge in [0.05, 0.1) is 15.4 Å². The van der Waals surface area contributed by atoms with Crippen LogP contribution in [0.5, 0.6) is 0 Å². The van der Waals surface area contributed by atoms with E-state index in [-0.39, 0.29) is 4.90 Å². The first kappa shape index (κ1) is 15.1. The van der Waals surface area contributed by atoms with E-state index in [2.05, 4.69) is 15.9 Å². The van der Waals surface area contributed by atoms with E-state index in [0.717, 1.165) is 18.2 Å². The van der Waals surface area contributed by atoms with Crippen LogP contribution in [0, 0.1) is 0 Å². The van der Waals surface area contributed by atoms with Crippen molar-refractivity contribution in [2.45, 2.75) is 16.0 Å². The number of hydrogen-bond donors (Lipinski definition) is 0. The zero-order chi connectivity index (χ0) is 15.0. The maximum absolute atomic E-state index is 12.8. The Kier molecular flexibility index (Phi) is 3.93. The standard InChI is InChI=1S/C13H8BrF3O2S/c14-12-10(13(15,16)17)7-4-8-11(12)20(18,19)9-5-2-1-3-6-9/h1-8H. The number of hydrogen-bond acceptors (Lipinski definition) is 2. The molecule has 0 saturated carbocycles. The highest BCUT2D eigenvalue weighted by Gasteiger charge is 2.35. The van der Waals surface area contributed by atoms with Gasteiger partial charge in [-0.3, -0.25) is 0 Å². The molecule has 0 aromatic heterocycles. The molecule has 2 aromatic carbocycles. The maximum Gasteiger partial charge on any atom is 0.417 e. The molecule has 0 unspecified atom stereocenters. The van der Waals surface area contributed by atoms with Crippen molar-refractivity contribution in [2.75, 3.05) is 0 Å². The third-order valence-corrected chi connectivity index (χ3v) is 5.54. The lowest BCUT2D eigenvalue weighted by molar-refractivity contribution is -0.138. The van der Waals surface area contributed by atoms with Crippen LogP contribution in [0.1, 0.15) is 5.56 Å². The molecule has 0 spiro atoms. The SMILES string of the molecule is O=S(=O)(c1ccccc1)c1cccc(C(F)(F)F)c1Br. The number of alkyl halides is 3. The van der Waals surface area contributed by atoms with E-state index in [1.54, 1.807) is 6.07 Å². The van der Waals surface area contributed by atoms with Crippen LogP contribution < -0.4 is 0 Å². The second kappa shape index (κ2) is 5.21. The van der Waals surface area contributed by atoms with Crippen molar-refractivity contribution < 1.29 is 21.6 Å². The Morgan fingerprint density at radius 3 is 2.05 bits per heavy atom. The van der Waals surface area contributed by atoms with Crippen molar-refractivity contribution >= 4 is 25.8 Å². The third kappa shape index (κ3) is 2.73. The summed E-state index contributed by atoms with van der Waals surface area (Å²) in [7, 11) is -4.00. The van der Waals surface area contributed by atoms with E-state index in [1.165, 1.54) is 24.3 Å². The summed E-state index contributed by atoms with van der Waals surface area (Å²) in [6.07, 6.45) is -4.62. The Labute approximate surface area is 122 Å². The quantitative estimate of drug-likeness (QED) is 0.795. The zero-order valence-corrected chi connectivity index (χ0v) is 12.3. The van der Waals surface area contributed by atoms with Crippen LogP contribution in [0.4, 0.5) is 13.2 Å². The Morgan fingerprint density at radius 1 is 0.900 bits per heavy atom. The van der Waals surface area contributed by atoms with E-state index in [9.17, 15) is 21.6 Å². The van der Waals surface area contributed by atoms with E-state index < -0.39 is 30.9 Å². The van der Waals surface area contributed by atoms with E-state index >= 15 is 0 Å². The van der Waals surface area contributed by atoms with E-state index in [1.807, 2.05) is 0 Å². The van der Waals surface area contributed by atoms with Gasteiger partial charge in [0, 0.05) is 4.47 Å². The summed E-state index contributed by atoms with van der Waals surface area (Å²) < 4.78 is 62.6. The number of sulfone groups is 1. The molecule has 0 amide bonds. The lowest BCUT2D eigenvalue weighted by Gasteiger charge is -2.13. The van der Waals surface area contributed by atoms with E-state index in [4.69, 9.17) is 0 Å². The monoisotopic (exact) mass is 364 g/mol. The second-order valence-corrected chi connectivity index (χ2v) is 6.64. The topological polar surface area (TPSA) is 34.1 Å². The van der Waals surface area contributed by atoms with Crippen LogP contribution in [-0.2, 0) is 16.0 Å². The molecular weight excluding hydrogens is 357 g/mol. The molecule has 0 atom stereocenters. The first-order valence-electron chi connectivity index (χ1n) is 5.40. The molecular formula is C13H8BrF3O2S. The third-order valence-electron chi connectivity index (χ3n) is 2.61. The fourth-order valence-electron chi connectivity index (χ4n) is 1.66. The first-order valence-corrected chi connectivity index (χ1v) is 7.68. The van der Waals surface area contributed by atoms with Crippen molar-refractivity contribution in [2.24, 2.45) is 0 Å². The van der Waals surface area contributed by atoms with Gasteiger partial charge < -0.3 is 0 Å². The largest absolute Gasteiger partial charge is 0.417 e. The second-order valence-electron chi connectivity index (χ2n) is 3.93. The molecule has 106 valence electrons. The molecule has 0 N–H and O–H groups in total. The summed E-state index contributed by atoms with van der Waals surface area (Å²) in [5.41, 5.74) is -1.02. The molecule has 2 aromatic rings. The van der Waals surface area contributed by atoms with Crippen molar-refractivity contribution in [1.29, 1.82) is 0 Å². The fourth-order valence-corrected chi connectivity index (χ4v) is 4.17. The minimum absolute atomic E-state index is 0.0555. The van der Waals surface area contributed by atoms with Crippen LogP contribution in [0.25, 0.3) is 0 Å². The molecule has 0 heterocycles. The van der Waals surface area contributed by atoms with Crippen LogP contribution in [0.2, 0.25) is 0 Å². The Hall–Kier alpha value is -1.34. The fraction of sp³-hybridized carbons (Fsp3) is 0.0769. The van der Waals surface area contributed by atoms with Gasteiger partial charge in [0.1, 0.15) is 0 Å². The van der Waals surface area contributed by atoms with Crippen LogP contribution in [-0.4, -0.2) is 8.42 Å². The minimum atomic E-state index is -4.62. The van der Waals surface area contributed by atoms with Gasteiger partial charge in [-0.05, 0) is 40.2 Å². The van der Waals surface area contributed by atoms with Gasteiger partial charge in [-0.25, -0.2) is 8.42 Å². The molecule has 7 heteroatoms. The molecule has 0 saturated heterocycles. The molecule has 0 aliphatic carbocycles. The molecule has 2 nitrogen and oxygen atoms in total. The lowest BCUT2D eigenvalue weighted by Crippen LogP contribution is -2.10. The zero-order valence-electron chi connectivity index (χ0n) is 9.86. The smallest absolute Gasteiger partial charge is 0.218 e. The summed E-state index contributed by atoms with van der Waals surface area (Å²) in [5, 5.41) is 0. The van der Waals surface area contributed by atoms with Gasteiger partial charge in [-0.1, -0.05) is 24.3 Å². The molecule has 0 bridgehead atoms. The average Bonchev–Trinajstić information content (AvgIpc) is 2.38. The number of halogens is 4. The molecule has 0 aliphatic rings. The van der Waals surface area contributed by atoms with Crippen LogP contribution in [0.3, 0.4) is 0 Å². The summed E-state index contributed by atoms with van der Waals surface area (Å²) in [4.78, 5) is -0.460. The van der Waals surface area contributed by atoms with Gasteiger partial charge in [0.25, 0.3) is 0 Å². The van der Waals surface area contributed by atoms with Gasteiger partial charge in [0.15, 0.2) is 0 Å². The minimum Gasteiger partial charge on any atom is -0.218 e. The maximum atomic E-state index is 12.8. The molecule has 20 heavy (non-hydrogen) atoms. The van der Waals surface area contributed by atoms with Crippen molar-refractivity contribution in [1.82, 2.24) is 0 Å². The lowest BCUT2D eigenvalue weighted by atomic mass is 10.2. The molecule has 0 fully saturated rings. The van der Waals surface area contributed by atoms with Crippen LogP contribution >= 0.6 is 15.9 Å². The van der Waals surface area contributed by atoms with Gasteiger partial charge in [-0.2, -0.15) is 13.2 Å². The molecule has 2 rings (SSSR count).